The summed E-state index contributed by atoms with van der Waals surface area (Å²) in [6, 6.07) is 12.5. The van der Waals surface area contributed by atoms with Gasteiger partial charge in [-0.25, -0.2) is 9.79 Å². The third kappa shape index (κ3) is 3.40. The zero-order chi connectivity index (χ0) is 16.6. The number of hydrogen-bond acceptors (Lipinski definition) is 3. The molecule has 0 spiro atoms. The van der Waals surface area contributed by atoms with Gasteiger partial charge in [-0.3, -0.25) is 0 Å². The van der Waals surface area contributed by atoms with Crippen LogP contribution in [-0.4, -0.2) is 10.8 Å². The first-order chi connectivity index (χ1) is 11.0. The van der Waals surface area contributed by atoms with Gasteiger partial charge in [0.1, 0.15) is 11.3 Å². The largest absolute Gasteiger partial charge is 2.00 e. The van der Waals surface area contributed by atoms with Gasteiger partial charge in [0.25, 0.3) is 5.75 Å². The fourth-order valence-electron chi connectivity index (χ4n) is 2.55. The van der Waals surface area contributed by atoms with Gasteiger partial charge in [0.2, 0.25) is 0 Å². The van der Waals surface area contributed by atoms with Crippen LogP contribution in [0.2, 0.25) is 0 Å². The Morgan fingerprint density at radius 3 is 2.62 bits per heavy atom. The summed E-state index contributed by atoms with van der Waals surface area (Å²) in [4.78, 5) is 17.2. The molecule has 0 fully saturated rings. The molecule has 0 unspecified atom stereocenters. The minimum Gasteiger partial charge on any atom is -0.593 e. The smallest absolute Gasteiger partial charge is 0.593 e. The quantitative estimate of drug-likeness (QED) is 0.386. The summed E-state index contributed by atoms with van der Waals surface area (Å²) >= 11 is 3.52. The van der Waals surface area contributed by atoms with Gasteiger partial charge in [0, 0.05) is 17.5 Å². The van der Waals surface area contributed by atoms with Crippen LogP contribution >= 0.6 is 0 Å². The molecule has 0 amide bonds. The maximum atomic E-state index is 11.7. The van der Waals surface area contributed by atoms with Crippen LogP contribution < -0.4 is 5.63 Å². The molecular formula is C18H17CoNO3S+4. The summed E-state index contributed by atoms with van der Waals surface area (Å²) in [5, 5.41) is 9.01. The van der Waals surface area contributed by atoms with Crippen molar-refractivity contribution in [3.05, 3.63) is 64.0 Å². The van der Waals surface area contributed by atoms with Crippen molar-refractivity contribution in [3.63, 3.8) is 0 Å². The number of fused-ring (bicyclic) bond motifs is 1. The molecule has 0 atom stereocenters. The third-order valence-corrected chi connectivity index (χ3v) is 4.10. The summed E-state index contributed by atoms with van der Waals surface area (Å²) in [5.74, 6) is 0.277. The monoisotopic (exact) mass is 386 g/mol. The van der Waals surface area contributed by atoms with Crippen molar-refractivity contribution in [3.8, 4) is 5.75 Å². The van der Waals surface area contributed by atoms with Crippen LogP contribution in [0.5, 0.6) is 5.75 Å². The Bertz CT molecular complexity index is 995. The first kappa shape index (κ1) is 18.3. The van der Waals surface area contributed by atoms with Crippen LogP contribution in [0.15, 0.2) is 61.6 Å². The molecule has 1 radical (unpaired) electrons. The number of benzene rings is 2. The zero-order valence-corrected chi connectivity index (χ0v) is 15.2. The minimum atomic E-state index is -0.421. The van der Waals surface area contributed by atoms with Gasteiger partial charge < -0.3 is 9.52 Å². The van der Waals surface area contributed by atoms with Gasteiger partial charge >= 0.3 is 22.4 Å². The van der Waals surface area contributed by atoms with Crippen LogP contribution in [0, 0.1) is 6.92 Å². The van der Waals surface area contributed by atoms with Gasteiger partial charge in [-0.15, -0.1) is 0 Å². The second-order valence-corrected chi connectivity index (χ2v) is 5.87. The molecule has 6 heteroatoms. The van der Waals surface area contributed by atoms with Gasteiger partial charge in [-0.05, 0) is 50.2 Å². The van der Waals surface area contributed by atoms with Gasteiger partial charge in [-0.2, -0.15) is 0 Å². The van der Waals surface area contributed by atoms with Crippen molar-refractivity contribution < 1.29 is 26.3 Å². The predicted octanol–water partition coefficient (Wildman–Crippen LogP) is 3.05. The second-order valence-electron chi connectivity index (χ2n) is 5.33. The summed E-state index contributed by atoms with van der Waals surface area (Å²) in [6.07, 6.45) is 0. The number of nitrogens with zero attached hydrogens (tertiary/aromatic N) is 1. The number of aliphatic imine (C=N–C) groups is 1. The molecule has 4 nitrogen and oxygen atoms in total. The predicted molar refractivity (Wildman–Crippen MR) is 97.0 cm³/mol. The van der Waals surface area contributed by atoms with Crippen LogP contribution in [-0.2, 0) is 29.4 Å². The van der Waals surface area contributed by atoms with Crippen molar-refractivity contribution in [2.45, 2.75) is 18.7 Å². The molecule has 1 heterocycles. The molecule has 3 aromatic rings. The Balaban J connectivity index is 0.00000208. The van der Waals surface area contributed by atoms with E-state index in [1.165, 1.54) is 6.07 Å². The normalized spacial score (nSPS) is 11.4. The Kier molecular flexibility index (Phi) is 5.53. The van der Waals surface area contributed by atoms with Crippen molar-refractivity contribution in [2.75, 3.05) is 0 Å². The van der Waals surface area contributed by atoms with E-state index in [0.29, 0.717) is 16.9 Å². The summed E-state index contributed by atoms with van der Waals surface area (Å²) in [6.45, 7) is 3.67. The molecule has 0 saturated carbocycles. The molecule has 0 aliphatic rings. The first-order valence-corrected chi connectivity index (χ1v) is 7.62. The molecule has 24 heavy (non-hydrogen) atoms. The average molecular weight is 386 g/mol. The molecular weight excluding hydrogens is 369 g/mol. The van der Waals surface area contributed by atoms with Crippen LogP contribution in [0.4, 0.5) is 5.69 Å². The zero-order valence-electron chi connectivity index (χ0n) is 13.1. The summed E-state index contributed by atoms with van der Waals surface area (Å²) in [7, 11) is 0. The van der Waals surface area contributed by atoms with E-state index in [0.717, 1.165) is 21.5 Å². The molecule has 0 saturated heterocycles. The van der Waals surface area contributed by atoms with Crippen molar-refractivity contribution >= 4 is 35.0 Å². The van der Waals surface area contributed by atoms with E-state index in [2.05, 4.69) is 17.6 Å². The number of rotatable bonds is 2. The second kappa shape index (κ2) is 7.25. The molecule has 0 aliphatic carbocycles. The Labute approximate surface area is 154 Å². The maximum absolute atomic E-state index is 11.7. The topological polar surface area (TPSA) is 65.5 Å². The number of aryl methyl sites for hydroxylation is 1. The standard InChI is InChI=1S/C18H15NO3S.Co/c1-10-9-16(21)22-18-12(10)7-8-14(20)17(18)11(2)19-13-5-3-4-6-15(13)23;/h3-9,20,23H,1-2H3;/q;+2/p+2. The number of hydrogen-bond donors (Lipinski definition) is 0. The molecule has 0 aliphatic heterocycles. The average Bonchev–Trinajstić information content (AvgIpc) is 2.48. The molecule has 0 bridgehead atoms. The van der Waals surface area contributed by atoms with Gasteiger partial charge in [0.05, 0.1) is 5.71 Å². The first-order valence-electron chi connectivity index (χ1n) is 7.12. The molecule has 2 N–H and O–H groups in total. The fraction of sp³-hybridized carbons (Fsp3) is 0.111. The van der Waals surface area contributed by atoms with Crippen LogP contribution in [0.25, 0.3) is 11.0 Å². The van der Waals surface area contributed by atoms with E-state index in [1.54, 1.807) is 12.1 Å². The van der Waals surface area contributed by atoms with Crippen molar-refractivity contribution in [2.24, 2.45) is 4.99 Å². The number of para-hydroxylation sites is 1. The van der Waals surface area contributed by atoms with Crippen LogP contribution in [0.3, 0.4) is 0 Å². The third-order valence-electron chi connectivity index (χ3n) is 3.67. The summed E-state index contributed by atoms with van der Waals surface area (Å²) in [5.41, 5.74) is 2.74. The van der Waals surface area contributed by atoms with Gasteiger partial charge in [-0.1, -0.05) is 12.1 Å². The van der Waals surface area contributed by atoms with E-state index < -0.39 is 5.63 Å². The minimum absolute atomic E-state index is 0. The molecule has 2 aromatic carbocycles. The Morgan fingerprint density at radius 2 is 1.92 bits per heavy atom. The van der Waals surface area contributed by atoms with Crippen LogP contribution in [0.1, 0.15) is 18.1 Å². The molecule has 123 valence electrons. The fourth-order valence-corrected chi connectivity index (χ4v) is 2.79. The van der Waals surface area contributed by atoms with E-state index in [9.17, 15) is 4.79 Å². The summed E-state index contributed by atoms with van der Waals surface area (Å²) < 4.78 is 5.37. The maximum Gasteiger partial charge on any atom is 2.00 e. The van der Waals surface area contributed by atoms with E-state index in [4.69, 9.17) is 9.52 Å². The van der Waals surface area contributed by atoms with Crippen molar-refractivity contribution in [1.82, 2.24) is 0 Å². The van der Waals surface area contributed by atoms with E-state index >= 15 is 0 Å². The SMILES string of the molecule is CC(=Nc1ccccc1[SH2+])c1c([OH2+])ccc2c(C)cc(=O)oc12.[Co+2]. The van der Waals surface area contributed by atoms with E-state index in [-0.39, 0.29) is 22.5 Å². The van der Waals surface area contributed by atoms with Gasteiger partial charge in [0.15, 0.2) is 10.5 Å². The Hall–Kier alpha value is -2.02. The Morgan fingerprint density at radius 1 is 1.21 bits per heavy atom. The van der Waals surface area contributed by atoms with Crippen molar-refractivity contribution in [1.29, 1.82) is 0 Å². The molecule has 3 rings (SSSR count). The van der Waals surface area contributed by atoms with E-state index in [1.807, 2.05) is 38.1 Å². The molecule has 1 aromatic heterocycles.